The maximum absolute atomic E-state index is 12.4. The lowest BCUT2D eigenvalue weighted by atomic mass is 10.2. The zero-order valence-electron chi connectivity index (χ0n) is 13.3. The molecule has 1 aliphatic rings. The Morgan fingerprint density at radius 1 is 1.40 bits per heavy atom. The number of nitrogens with one attached hydrogen (secondary N) is 1. The number of nitrogens with zero attached hydrogens (tertiary/aromatic N) is 4. The maximum Gasteiger partial charge on any atom is 0.327 e. The molecule has 1 amide bonds. The molecule has 1 unspecified atom stereocenters. The molecule has 3 aromatic heterocycles. The van der Waals surface area contributed by atoms with Crippen LogP contribution in [0.3, 0.4) is 0 Å². The van der Waals surface area contributed by atoms with E-state index in [1.807, 2.05) is 0 Å². The lowest BCUT2D eigenvalue weighted by Gasteiger charge is -2.10. The summed E-state index contributed by atoms with van der Waals surface area (Å²) < 4.78 is 7.07. The number of rotatable bonds is 4. The van der Waals surface area contributed by atoms with Crippen molar-refractivity contribution in [3.05, 3.63) is 40.6 Å². The number of aromatic nitrogens is 5. The van der Waals surface area contributed by atoms with Crippen molar-refractivity contribution in [2.24, 2.45) is 5.73 Å². The fourth-order valence-electron chi connectivity index (χ4n) is 2.98. The number of imidazole rings is 1. The molecule has 1 atom stereocenters. The van der Waals surface area contributed by atoms with Gasteiger partial charge in [0.05, 0.1) is 12.6 Å². The summed E-state index contributed by atoms with van der Waals surface area (Å²) >= 11 is 0. The van der Waals surface area contributed by atoms with Gasteiger partial charge in [-0.25, -0.2) is 14.8 Å². The van der Waals surface area contributed by atoms with Crippen LogP contribution in [0.2, 0.25) is 0 Å². The van der Waals surface area contributed by atoms with E-state index in [-0.39, 0.29) is 28.8 Å². The van der Waals surface area contributed by atoms with E-state index in [9.17, 15) is 9.59 Å². The zero-order valence-corrected chi connectivity index (χ0v) is 13.3. The fraction of sp³-hybridized carbons (Fsp3) is 0.312. The van der Waals surface area contributed by atoms with Crippen molar-refractivity contribution in [3.63, 3.8) is 0 Å². The molecule has 1 aliphatic heterocycles. The molecule has 9 nitrogen and oxygen atoms in total. The Balaban J connectivity index is 1.91. The first-order valence-electron chi connectivity index (χ1n) is 7.97. The minimum absolute atomic E-state index is 0.0335. The summed E-state index contributed by atoms with van der Waals surface area (Å²) in [6.07, 6.45) is 3.38. The molecule has 3 aromatic rings. The maximum atomic E-state index is 12.4. The SMILES string of the molecule is NC(=O)c1nc(-c2ccccn2)nc2c1[nH]c(=O)n2CC1CCCO1. The van der Waals surface area contributed by atoms with Gasteiger partial charge in [-0.2, -0.15) is 0 Å². The Morgan fingerprint density at radius 2 is 2.28 bits per heavy atom. The smallest absolute Gasteiger partial charge is 0.327 e. The molecule has 9 heteroatoms. The second-order valence-corrected chi connectivity index (χ2v) is 5.85. The van der Waals surface area contributed by atoms with Gasteiger partial charge in [0.2, 0.25) is 0 Å². The molecule has 1 saturated heterocycles. The van der Waals surface area contributed by atoms with E-state index in [0.717, 1.165) is 12.8 Å². The number of carbonyl (C=O) groups is 1. The number of ether oxygens (including phenoxy) is 1. The van der Waals surface area contributed by atoms with Gasteiger partial charge in [-0.3, -0.25) is 14.3 Å². The molecule has 128 valence electrons. The van der Waals surface area contributed by atoms with Crippen LogP contribution in [0.25, 0.3) is 22.7 Å². The Morgan fingerprint density at radius 3 is 2.96 bits per heavy atom. The van der Waals surface area contributed by atoms with Crippen LogP contribution >= 0.6 is 0 Å². The second kappa shape index (κ2) is 6.10. The highest BCUT2D eigenvalue weighted by atomic mass is 16.5. The van der Waals surface area contributed by atoms with Crippen LogP contribution in [-0.4, -0.2) is 43.1 Å². The Bertz CT molecular complexity index is 988. The minimum atomic E-state index is -0.741. The number of pyridine rings is 1. The normalized spacial score (nSPS) is 17.2. The van der Waals surface area contributed by atoms with E-state index < -0.39 is 5.91 Å². The number of hydrogen-bond donors (Lipinski definition) is 2. The first-order chi connectivity index (χ1) is 12.1. The molecule has 3 N–H and O–H groups in total. The van der Waals surface area contributed by atoms with Gasteiger partial charge in [-0.15, -0.1) is 0 Å². The Kier molecular flexibility index (Phi) is 3.77. The number of nitrogens with two attached hydrogens (primary N) is 1. The summed E-state index contributed by atoms with van der Waals surface area (Å²) in [7, 11) is 0. The molecule has 0 bridgehead atoms. The summed E-state index contributed by atoms with van der Waals surface area (Å²) in [5.74, 6) is -0.503. The molecule has 25 heavy (non-hydrogen) atoms. The number of hydrogen-bond acceptors (Lipinski definition) is 6. The van der Waals surface area contributed by atoms with Gasteiger partial charge in [-0.1, -0.05) is 6.07 Å². The van der Waals surface area contributed by atoms with Crippen LogP contribution in [0.5, 0.6) is 0 Å². The molecule has 0 saturated carbocycles. The van der Waals surface area contributed by atoms with Gasteiger partial charge in [-0.05, 0) is 25.0 Å². The van der Waals surface area contributed by atoms with Gasteiger partial charge >= 0.3 is 5.69 Å². The zero-order chi connectivity index (χ0) is 17.4. The average Bonchev–Trinajstić information content (AvgIpc) is 3.23. The van der Waals surface area contributed by atoms with Crippen LogP contribution in [-0.2, 0) is 11.3 Å². The molecular weight excluding hydrogens is 324 g/mol. The third-order valence-corrected chi connectivity index (χ3v) is 4.16. The molecule has 0 aliphatic carbocycles. The first-order valence-corrected chi connectivity index (χ1v) is 7.97. The monoisotopic (exact) mass is 340 g/mol. The summed E-state index contributed by atoms with van der Waals surface area (Å²) in [5.41, 5.74) is 6.08. The van der Waals surface area contributed by atoms with E-state index in [0.29, 0.717) is 24.5 Å². The van der Waals surface area contributed by atoms with Gasteiger partial charge in [0, 0.05) is 12.8 Å². The number of carbonyl (C=O) groups excluding carboxylic acids is 1. The van der Waals surface area contributed by atoms with Gasteiger partial charge < -0.3 is 15.5 Å². The standard InChI is InChI=1S/C16H16N6O3/c17-13(23)11-12-15(21-14(19-11)10-5-1-2-6-18-10)22(16(24)20-12)8-9-4-3-7-25-9/h1-2,5-6,9H,3-4,7-8H2,(H2,17,23)(H,20,24). The minimum Gasteiger partial charge on any atom is -0.376 e. The Labute approximate surface area is 141 Å². The largest absolute Gasteiger partial charge is 0.376 e. The lowest BCUT2D eigenvalue weighted by molar-refractivity contribution is 0.0970. The number of primary amides is 1. The quantitative estimate of drug-likeness (QED) is 0.710. The predicted octanol–water partition coefficient (Wildman–Crippen LogP) is 0.459. The first kappa shape index (κ1) is 15.5. The van der Waals surface area contributed by atoms with Gasteiger partial charge in [0.1, 0.15) is 11.2 Å². The average molecular weight is 340 g/mol. The van der Waals surface area contributed by atoms with E-state index in [1.165, 1.54) is 4.57 Å². The summed E-state index contributed by atoms with van der Waals surface area (Å²) in [5, 5.41) is 0. The molecule has 1 fully saturated rings. The lowest BCUT2D eigenvalue weighted by Crippen LogP contribution is -2.24. The summed E-state index contributed by atoms with van der Waals surface area (Å²) in [6, 6.07) is 5.28. The summed E-state index contributed by atoms with van der Waals surface area (Å²) in [4.78, 5) is 39.7. The van der Waals surface area contributed by atoms with Gasteiger partial charge in [0.15, 0.2) is 17.2 Å². The van der Waals surface area contributed by atoms with Crippen LogP contribution in [0.15, 0.2) is 29.2 Å². The molecule has 0 aromatic carbocycles. The predicted molar refractivity (Wildman–Crippen MR) is 88.9 cm³/mol. The number of H-pyrrole nitrogens is 1. The number of aromatic amines is 1. The highest BCUT2D eigenvalue weighted by Crippen LogP contribution is 2.20. The Hall–Kier alpha value is -3.07. The van der Waals surface area contributed by atoms with Crippen molar-refractivity contribution in [2.45, 2.75) is 25.5 Å². The topological polar surface area (TPSA) is 129 Å². The molecule has 4 heterocycles. The van der Waals surface area contributed by atoms with Crippen LogP contribution in [0.1, 0.15) is 23.3 Å². The molecule has 4 rings (SSSR count). The van der Waals surface area contributed by atoms with Crippen molar-refractivity contribution in [1.82, 2.24) is 24.5 Å². The molecular formula is C16H16N6O3. The fourth-order valence-corrected chi connectivity index (χ4v) is 2.98. The number of amides is 1. The van der Waals surface area contributed by atoms with Crippen LogP contribution < -0.4 is 11.4 Å². The van der Waals surface area contributed by atoms with Gasteiger partial charge in [0.25, 0.3) is 5.91 Å². The van der Waals surface area contributed by atoms with Crippen molar-refractivity contribution in [3.8, 4) is 11.5 Å². The van der Waals surface area contributed by atoms with E-state index >= 15 is 0 Å². The van der Waals surface area contributed by atoms with E-state index in [2.05, 4.69) is 19.9 Å². The number of fused-ring (bicyclic) bond motifs is 1. The second-order valence-electron chi connectivity index (χ2n) is 5.85. The van der Waals surface area contributed by atoms with Crippen molar-refractivity contribution >= 4 is 17.1 Å². The van der Waals surface area contributed by atoms with Crippen molar-refractivity contribution in [1.29, 1.82) is 0 Å². The molecule has 0 radical (unpaired) electrons. The highest BCUT2D eigenvalue weighted by molar-refractivity contribution is 6.01. The molecule has 0 spiro atoms. The van der Waals surface area contributed by atoms with Crippen molar-refractivity contribution in [2.75, 3.05) is 6.61 Å². The highest BCUT2D eigenvalue weighted by Gasteiger charge is 2.23. The third kappa shape index (κ3) is 2.78. The summed E-state index contributed by atoms with van der Waals surface area (Å²) in [6.45, 7) is 1.04. The third-order valence-electron chi connectivity index (χ3n) is 4.16. The van der Waals surface area contributed by atoms with Crippen molar-refractivity contribution < 1.29 is 9.53 Å². The van der Waals surface area contributed by atoms with E-state index in [1.54, 1.807) is 24.4 Å². The van der Waals surface area contributed by atoms with Crippen LogP contribution in [0, 0.1) is 0 Å². The van der Waals surface area contributed by atoms with Crippen LogP contribution in [0.4, 0.5) is 0 Å². The van der Waals surface area contributed by atoms with E-state index in [4.69, 9.17) is 10.5 Å².